The van der Waals surface area contributed by atoms with Crippen LogP contribution in [-0.4, -0.2) is 26.3 Å². The van der Waals surface area contributed by atoms with Gasteiger partial charge in [0, 0.05) is 13.7 Å². The summed E-state index contributed by atoms with van der Waals surface area (Å²) in [6.45, 7) is 3.77. The zero-order valence-electron chi connectivity index (χ0n) is 9.36. The molecule has 3 nitrogen and oxygen atoms in total. The first-order chi connectivity index (χ1) is 7.20. The van der Waals surface area contributed by atoms with E-state index in [1.807, 2.05) is 12.1 Å². The lowest BCUT2D eigenvalue weighted by Crippen LogP contribution is -2.32. The number of likely N-dealkylation sites (N-methyl/N-ethyl adjacent to an activating group) is 1. The van der Waals surface area contributed by atoms with Crippen molar-refractivity contribution < 1.29 is 4.74 Å². The molecule has 82 valence electrons. The van der Waals surface area contributed by atoms with E-state index in [0.29, 0.717) is 6.04 Å². The summed E-state index contributed by atoms with van der Waals surface area (Å²) in [5.41, 5.74) is 9.23. The van der Waals surface area contributed by atoms with Gasteiger partial charge in [-0.2, -0.15) is 0 Å². The molecule has 1 fully saturated rings. The summed E-state index contributed by atoms with van der Waals surface area (Å²) < 4.78 is 5.40. The molecule has 1 aliphatic heterocycles. The number of nitrogens with zero attached hydrogens (tertiary/aromatic N) is 1. The van der Waals surface area contributed by atoms with Crippen molar-refractivity contribution in [3.63, 3.8) is 0 Å². The van der Waals surface area contributed by atoms with Crippen LogP contribution in [-0.2, 0) is 4.74 Å². The number of rotatable bonds is 2. The largest absolute Gasteiger partial charge is 0.397 e. The molecule has 1 saturated heterocycles. The van der Waals surface area contributed by atoms with E-state index < -0.39 is 0 Å². The molecular formula is C12H18N2O. The van der Waals surface area contributed by atoms with Gasteiger partial charge < -0.3 is 15.4 Å². The predicted octanol–water partition coefficient (Wildman–Crippen LogP) is 1.80. The van der Waals surface area contributed by atoms with Crippen molar-refractivity contribution in [2.45, 2.75) is 19.4 Å². The van der Waals surface area contributed by atoms with E-state index in [2.05, 4.69) is 24.9 Å². The molecule has 0 aromatic heterocycles. The average molecular weight is 206 g/mol. The SMILES string of the molecule is Cc1cccc(N)c1N(C)C1CCOC1. The van der Waals surface area contributed by atoms with E-state index >= 15 is 0 Å². The van der Waals surface area contributed by atoms with Crippen molar-refractivity contribution in [3.05, 3.63) is 23.8 Å². The van der Waals surface area contributed by atoms with Crippen LogP contribution in [0.1, 0.15) is 12.0 Å². The van der Waals surface area contributed by atoms with Gasteiger partial charge in [0.1, 0.15) is 0 Å². The zero-order chi connectivity index (χ0) is 10.8. The molecule has 0 amide bonds. The smallest absolute Gasteiger partial charge is 0.0670 e. The summed E-state index contributed by atoms with van der Waals surface area (Å²) in [6, 6.07) is 6.51. The second-order valence-corrected chi connectivity index (χ2v) is 4.14. The van der Waals surface area contributed by atoms with Gasteiger partial charge in [-0.1, -0.05) is 12.1 Å². The quantitative estimate of drug-likeness (QED) is 0.750. The van der Waals surface area contributed by atoms with Gasteiger partial charge in [0.2, 0.25) is 0 Å². The van der Waals surface area contributed by atoms with E-state index in [9.17, 15) is 0 Å². The number of hydrogen-bond acceptors (Lipinski definition) is 3. The maximum atomic E-state index is 6.01. The first-order valence-corrected chi connectivity index (χ1v) is 5.36. The van der Waals surface area contributed by atoms with Crippen LogP contribution in [0.5, 0.6) is 0 Å². The molecular weight excluding hydrogens is 188 g/mol. The predicted molar refractivity (Wildman–Crippen MR) is 63.2 cm³/mol. The van der Waals surface area contributed by atoms with Gasteiger partial charge in [-0.3, -0.25) is 0 Å². The summed E-state index contributed by atoms with van der Waals surface area (Å²) in [4.78, 5) is 2.25. The number of aryl methyl sites for hydroxylation is 1. The third-order valence-corrected chi connectivity index (χ3v) is 3.08. The fourth-order valence-corrected chi connectivity index (χ4v) is 2.17. The maximum Gasteiger partial charge on any atom is 0.0670 e. The van der Waals surface area contributed by atoms with E-state index in [1.165, 1.54) is 5.56 Å². The van der Waals surface area contributed by atoms with Crippen LogP contribution in [0.2, 0.25) is 0 Å². The van der Waals surface area contributed by atoms with Crippen LogP contribution < -0.4 is 10.6 Å². The van der Waals surface area contributed by atoms with Crippen LogP contribution in [0, 0.1) is 6.92 Å². The Balaban J connectivity index is 2.27. The highest BCUT2D eigenvalue weighted by atomic mass is 16.5. The Morgan fingerprint density at radius 1 is 1.47 bits per heavy atom. The molecule has 1 atom stereocenters. The van der Waals surface area contributed by atoms with Crippen molar-refractivity contribution in [2.75, 3.05) is 30.9 Å². The monoisotopic (exact) mass is 206 g/mol. The van der Waals surface area contributed by atoms with Crippen LogP contribution >= 0.6 is 0 Å². The van der Waals surface area contributed by atoms with Crippen LogP contribution in [0.25, 0.3) is 0 Å². The maximum absolute atomic E-state index is 6.01. The Kier molecular flexibility index (Phi) is 2.82. The lowest BCUT2D eigenvalue weighted by Gasteiger charge is -2.28. The number of nitrogen functional groups attached to an aromatic ring is 1. The lowest BCUT2D eigenvalue weighted by molar-refractivity contribution is 0.193. The van der Waals surface area contributed by atoms with Crippen LogP contribution in [0.15, 0.2) is 18.2 Å². The number of benzene rings is 1. The highest BCUT2D eigenvalue weighted by Gasteiger charge is 2.22. The molecule has 0 bridgehead atoms. The zero-order valence-corrected chi connectivity index (χ0v) is 9.36. The van der Waals surface area contributed by atoms with Gasteiger partial charge in [0.25, 0.3) is 0 Å². The van der Waals surface area contributed by atoms with Crippen LogP contribution in [0.3, 0.4) is 0 Å². The first-order valence-electron chi connectivity index (χ1n) is 5.36. The Hall–Kier alpha value is -1.22. The minimum Gasteiger partial charge on any atom is -0.397 e. The molecule has 1 aliphatic rings. The van der Waals surface area contributed by atoms with Gasteiger partial charge in [-0.15, -0.1) is 0 Å². The third-order valence-electron chi connectivity index (χ3n) is 3.08. The fraction of sp³-hybridized carbons (Fsp3) is 0.500. The second kappa shape index (κ2) is 4.11. The second-order valence-electron chi connectivity index (χ2n) is 4.14. The summed E-state index contributed by atoms with van der Waals surface area (Å²) in [5.74, 6) is 0. The third kappa shape index (κ3) is 1.92. The van der Waals surface area contributed by atoms with E-state index in [0.717, 1.165) is 31.0 Å². The average Bonchev–Trinajstić information content (AvgIpc) is 2.69. The molecule has 1 heterocycles. The molecule has 2 rings (SSSR count). The van der Waals surface area contributed by atoms with E-state index in [4.69, 9.17) is 10.5 Å². The summed E-state index contributed by atoms with van der Waals surface area (Å²) >= 11 is 0. The molecule has 15 heavy (non-hydrogen) atoms. The minimum absolute atomic E-state index is 0.466. The molecule has 3 heteroatoms. The highest BCUT2D eigenvalue weighted by Crippen LogP contribution is 2.29. The number of ether oxygens (including phenoxy) is 1. The highest BCUT2D eigenvalue weighted by molar-refractivity contribution is 5.71. The summed E-state index contributed by atoms with van der Waals surface area (Å²) in [7, 11) is 2.10. The normalized spacial score (nSPS) is 20.5. The lowest BCUT2D eigenvalue weighted by atomic mass is 10.1. The van der Waals surface area contributed by atoms with Crippen molar-refractivity contribution >= 4 is 11.4 Å². The number of anilines is 2. The topological polar surface area (TPSA) is 38.5 Å². The van der Waals surface area contributed by atoms with Crippen LogP contribution in [0.4, 0.5) is 11.4 Å². The van der Waals surface area contributed by atoms with Gasteiger partial charge in [-0.25, -0.2) is 0 Å². The molecule has 0 aliphatic carbocycles. The van der Waals surface area contributed by atoms with Gasteiger partial charge >= 0.3 is 0 Å². The van der Waals surface area contributed by atoms with Gasteiger partial charge in [-0.05, 0) is 25.0 Å². The standard InChI is InChI=1S/C12H18N2O/c1-9-4-3-5-11(13)12(9)14(2)10-6-7-15-8-10/h3-5,10H,6-8,13H2,1-2H3. The van der Waals surface area contributed by atoms with E-state index in [-0.39, 0.29) is 0 Å². The van der Waals surface area contributed by atoms with Gasteiger partial charge in [0.15, 0.2) is 0 Å². The molecule has 2 N–H and O–H groups in total. The van der Waals surface area contributed by atoms with Crippen molar-refractivity contribution in [3.8, 4) is 0 Å². The molecule has 1 unspecified atom stereocenters. The van der Waals surface area contributed by atoms with Gasteiger partial charge in [0.05, 0.1) is 24.0 Å². The molecule has 0 radical (unpaired) electrons. The minimum atomic E-state index is 0.466. The number of nitrogens with two attached hydrogens (primary N) is 1. The Morgan fingerprint density at radius 3 is 2.87 bits per heavy atom. The molecule has 1 aromatic rings. The molecule has 1 aromatic carbocycles. The molecule has 0 saturated carbocycles. The summed E-state index contributed by atoms with van der Waals surface area (Å²) in [6.07, 6.45) is 1.09. The Labute approximate surface area is 90.8 Å². The first kappa shape index (κ1) is 10.3. The van der Waals surface area contributed by atoms with Crippen molar-refractivity contribution in [1.82, 2.24) is 0 Å². The number of hydrogen-bond donors (Lipinski definition) is 1. The molecule has 0 spiro atoms. The summed E-state index contributed by atoms with van der Waals surface area (Å²) in [5, 5.41) is 0. The Bertz CT molecular complexity index is 325. The fourth-order valence-electron chi connectivity index (χ4n) is 2.17. The van der Waals surface area contributed by atoms with Crippen molar-refractivity contribution in [2.24, 2.45) is 0 Å². The Morgan fingerprint density at radius 2 is 2.27 bits per heavy atom. The van der Waals surface area contributed by atoms with Crippen molar-refractivity contribution in [1.29, 1.82) is 0 Å². The van der Waals surface area contributed by atoms with E-state index in [1.54, 1.807) is 0 Å². The number of para-hydroxylation sites is 1.